The second kappa shape index (κ2) is 4.31. The second-order valence-corrected chi connectivity index (χ2v) is 6.79. The van der Waals surface area contributed by atoms with Crippen LogP contribution in [-0.4, -0.2) is 16.9 Å². The number of hydrogen-bond acceptors (Lipinski definition) is 4. The van der Waals surface area contributed by atoms with Crippen LogP contribution < -0.4 is 11.1 Å². The summed E-state index contributed by atoms with van der Waals surface area (Å²) >= 11 is 1.54. The van der Waals surface area contributed by atoms with Crippen LogP contribution in [0.2, 0.25) is 0 Å². The Bertz CT molecular complexity index is 463. The highest BCUT2D eigenvalue weighted by Crippen LogP contribution is 2.48. The van der Waals surface area contributed by atoms with Gasteiger partial charge >= 0.3 is 0 Å². The number of fused-ring (bicyclic) bond motifs is 2. The third-order valence-electron chi connectivity index (χ3n) is 4.54. The van der Waals surface area contributed by atoms with Crippen LogP contribution in [-0.2, 0) is 4.79 Å². The monoisotopic (exact) mass is 265 g/mol. The molecule has 18 heavy (non-hydrogen) atoms. The van der Waals surface area contributed by atoms with Gasteiger partial charge in [0.2, 0.25) is 5.91 Å². The van der Waals surface area contributed by atoms with E-state index in [-0.39, 0.29) is 17.9 Å². The fraction of sp³-hybridized carbons (Fsp3) is 0.692. The van der Waals surface area contributed by atoms with Gasteiger partial charge in [-0.2, -0.15) is 0 Å². The molecule has 1 amide bonds. The van der Waals surface area contributed by atoms with E-state index in [4.69, 9.17) is 5.73 Å². The van der Waals surface area contributed by atoms with E-state index in [2.05, 4.69) is 10.3 Å². The highest BCUT2D eigenvalue weighted by molar-refractivity contribution is 7.15. The molecule has 4 atom stereocenters. The van der Waals surface area contributed by atoms with Gasteiger partial charge in [0.25, 0.3) is 0 Å². The number of amides is 1. The standard InChI is InChI=1S/C13H19N3OS/c1-6-7(2)18-13(15-6)16-12(17)10-8-3-4-9(5-8)11(10)14/h8-11H,3-5,14H2,1-2H3,(H,15,16,17). The first-order chi connectivity index (χ1) is 8.56. The van der Waals surface area contributed by atoms with Gasteiger partial charge < -0.3 is 11.1 Å². The fourth-order valence-electron chi connectivity index (χ4n) is 3.44. The molecule has 98 valence electrons. The molecule has 0 radical (unpaired) electrons. The molecule has 3 rings (SSSR count). The smallest absolute Gasteiger partial charge is 0.231 e. The zero-order chi connectivity index (χ0) is 12.9. The third-order valence-corrected chi connectivity index (χ3v) is 5.53. The first-order valence-electron chi connectivity index (χ1n) is 6.56. The Kier molecular flexibility index (Phi) is 2.90. The minimum absolute atomic E-state index is 0.00624. The lowest BCUT2D eigenvalue weighted by atomic mass is 9.84. The molecule has 1 aromatic rings. The molecular formula is C13H19N3OS. The Morgan fingerprint density at radius 3 is 2.67 bits per heavy atom. The van der Waals surface area contributed by atoms with E-state index >= 15 is 0 Å². The molecule has 1 heterocycles. The Balaban J connectivity index is 1.72. The van der Waals surface area contributed by atoms with E-state index in [1.54, 1.807) is 0 Å². The van der Waals surface area contributed by atoms with Crippen molar-refractivity contribution >= 4 is 22.4 Å². The number of nitrogens with zero attached hydrogens (tertiary/aromatic N) is 1. The van der Waals surface area contributed by atoms with Gasteiger partial charge in [0.05, 0.1) is 11.6 Å². The largest absolute Gasteiger partial charge is 0.327 e. The van der Waals surface area contributed by atoms with Gasteiger partial charge in [0.15, 0.2) is 5.13 Å². The number of thiazole rings is 1. The van der Waals surface area contributed by atoms with Gasteiger partial charge in [0.1, 0.15) is 0 Å². The maximum absolute atomic E-state index is 12.3. The summed E-state index contributed by atoms with van der Waals surface area (Å²) in [5.41, 5.74) is 7.17. The summed E-state index contributed by atoms with van der Waals surface area (Å²) < 4.78 is 0. The molecule has 0 aromatic carbocycles. The molecule has 0 aliphatic heterocycles. The van der Waals surface area contributed by atoms with Crippen LogP contribution >= 0.6 is 11.3 Å². The molecule has 5 heteroatoms. The van der Waals surface area contributed by atoms with Crippen molar-refractivity contribution in [3.8, 4) is 0 Å². The Morgan fingerprint density at radius 1 is 1.39 bits per heavy atom. The average Bonchev–Trinajstić information content (AvgIpc) is 2.95. The first-order valence-corrected chi connectivity index (χ1v) is 7.38. The van der Waals surface area contributed by atoms with Crippen molar-refractivity contribution in [2.45, 2.75) is 39.2 Å². The topological polar surface area (TPSA) is 68.0 Å². The molecule has 1 aromatic heterocycles. The lowest BCUT2D eigenvalue weighted by Gasteiger charge is -2.26. The van der Waals surface area contributed by atoms with Gasteiger partial charge in [0, 0.05) is 10.9 Å². The number of carbonyl (C=O) groups is 1. The lowest BCUT2D eigenvalue weighted by Crippen LogP contribution is -2.42. The summed E-state index contributed by atoms with van der Waals surface area (Å²) in [6.45, 7) is 3.98. The Labute approximate surface area is 111 Å². The summed E-state index contributed by atoms with van der Waals surface area (Å²) in [7, 11) is 0. The highest BCUT2D eigenvalue weighted by atomic mass is 32.1. The van der Waals surface area contributed by atoms with Crippen LogP contribution in [0.5, 0.6) is 0 Å². The van der Waals surface area contributed by atoms with E-state index in [1.807, 2.05) is 13.8 Å². The van der Waals surface area contributed by atoms with Crippen molar-refractivity contribution < 1.29 is 4.79 Å². The summed E-state index contributed by atoms with van der Waals surface area (Å²) in [4.78, 5) is 17.8. The fourth-order valence-corrected chi connectivity index (χ4v) is 4.26. The number of anilines is 1. The number of nitrogens with one attached hydrogen (secondary N) is 1. The molecule has 2 aliphatic rings. The molecule has 2 aliphatic carbocycles. The van der Waals surface area contributed by atoms with Crippen LogP contribution in [0, 0.1) is 31.6 Å². The number of aryl methyl sites for hydroxylation is 2. The van der Waals surface area contributed by atoms with Gasteiger partial charge in [-0.25, -0.2) is 4.98 Å². The van der Waals surface area contributed by atoms with Crippen molar-refractivity contribution in [1.82, 2.24) is 4.98 Å². The van der Waals surface area contributed by atoms with Crippen molar-refractivity contribution in [1.29, 1.82) is 0 Å². The summed E-state index contributed by atoms with van der Waals surface area (Å²) in [5.74, 6) is 1.12. The number of nitrogens with two attached hydrogens (primary N) is 1. The van der Waals surface area contributed by atoms with E-state index in [0.717, 1.165) is 23.4 Å². The van der Waals surface area contributed by atoms with Crippen molar-refractivity contribution in [2.75, 3.05) is 5.32 Å². The summed E-state index contributed by atoms with van der Waals surface area (Å²) in [5, 5.41) is 3.66. The average molecular weight is 265 g/mol. The Morgan fingerprint density at radius 2 is 2.11 bits per heavy atom. The summed E-state index contributed by atoms with van der Waals surface area (Å²) in [6, 6.07) is 0.0471. The maximum Gasteiger partial charge on any atom is 0.231 e. The van der Waals surface area contributed by atoms with Gasteiger partial charge in [-0.1, -0.05) is 0 Å². The quantitative estimate of drug-likeness (QED) is 0.860. The molecule has 3 N–H and O–H groups in total. The van der Waals surface area contributed by atoms with E-state index in [0.29, 0.717) is 17.0 Å². The molecule has 2 fully saturated rings. The van der Waals surface area contributed by atoms with Gasteiger partial charge in [-0.15, -0.1) is 11.3 Å². The first kappa shape index (κ1) is 12.1. The lowest BCUT2D eigenvalue weighted by molar-refractivity contribution is -0.121. The van der Waals surface area contributed by atoms with Gasteiger partial charge in [-0.05, 0) is 44.9 Å². The molecule has 0 saturated heterocycles. The molecule has 0 spiro atoms. The number of aromatic nitrogens is 1. The van der Waals surface area contributed by atoms with Crippen molar-refractivity contribution in [3.63, 3.8) is 0 Å². The normalized spacial score (nSPS) is 33.9. The molecule has 2 bridgehead atoms. The van der Waals surface area contributed by atoms with Crippen LogP contribution in [0.25, 0.3) is 0 Å². The van der Waals surface area contributed by atoms with Crippen LogP contribution in [0.4, 0.5) is 5.13 Å². The zero-order valence-electron chi connectivity index (χ0n) is 10.8. The van der Waals surface area contributed by atoms with Crippen molar-refractivity contribution in [3.05, 3.63) is 10.6 Å². The van der Waals surface area contributed by atoms with E-state index in [9.17, 15) is 4.79 Å². The molecule has 4 nitrogen and oxygen atoms in total. The maximum atomic E-state index is 12.3. The molecule has 4 unspecified atom stereocenters. The Hall–Kier alpha value is -0.940. The number of rotatable bonds is 2. The van der Waals surface area contributed by atoms with Crippen LogP contribution in [0.3, 0.4) is 0 Å². The minimum atomic E-state index is -0.00624. The summed E-state index contributed by atoms with van der Waals surface area (Å²) in [6.07, 6.45) is 3.49. The van der Waals surface area contributed by atoms with E-state index in [1.165, 1.54) is 17.8 Å². The van der Waals surface area contributed by atoms with Gasteiger partial charge in [-0.3, -0.25) is 4.79 Å². The minimum Gasteiger partial charge on any atom is -0.327 e. The second-order valence-electron chi connectivity index (χ2n) is 5.59. The van der Waals surface area contributed by atoms with E-state index < -0.39 is 0 Å². The number of carbonyl (C=O) groups excluding carboxylic acids is 1. The predicted molar refractivity (Wildman–Crippen MR) is 72.5 cm³/mol. The van der Waals surface area contributed by atoms with Crippen LogP contribution in [0.1, 0.15) is 29.8 Å². The molecule has 2 saturated carbocycles. The highest BCUT2D eigenvalue weighted by Gasteiger charge is 2.49. The van der Waals surface area contributed by atoms with Crippen molar-refractivity contribution in [2.24, 2.45) is 23.5 Å². The zero-order valence-corrected chi connectivity index (χ0v) is 11.6. The third kappa shape index (κ3) is 1.86. The number of hydrogen-bond donors (Lipinski definition) is 2. The SMILES string of the molecule is Cc1nc(NC(=O)C2C3CCC(C3)C2N)sc1C. The molecular weight excluding hydrogens is 246 g/mol. The predicted octanol–water partition coefficient (Wildman–Crippen LogP) is 2.07. The van der Waals surface area contributed by atoms with Crippen LogP contribution in [0.15, 0.2) is 0 Å².